The highest BCUT2D eigenvalue weighted by atomic mass is 32.2. The molecule has 0 radical (unpaired) electrons. The normalized spacial score (nSPS) is 11.9. The van der Waals surface area contributed by atoms with E-state index in [0.717, 1.165) is 18.0 Å². The van der Waals surface area contributed by atoms with Gasteiger partial charge in [0.2, 0.25) is 0 Å². The van der Waals surface area contributed by atoms with Gasteiger partial charge in [0, 0.05) is 21.9 Å². The van der Waals surface area contributed by atoms with Gasteiger partial charge in [-0.2, -0.15) is 0 Å². The number of pyridine rings is 1. The van der Waals surface area contributed by atoms with Crippen molar-refractivity contribution in [3.63, 3.8) is 0 Å². The van der Waals surface area contributed by atoms with Crippen LogP contribution in [0.1, 0.15) is 70.9 Å². The maximum Gasteiger partial charge on any atom is 0.138 e. The van der Waals surface area contributed by atoms with Crippen molar-refractivity contribution in [1.82, 2.24) is 14.3 Å². The predicted molar refractivity (Wildman–Crippen MR) is 171 cm³/mol. The predicted octanol–water partition coefficient (Wildman–Crippen LogP) is 9.37. The standard InChI is InChI=1S/C31H41N3S.C2H6/c1-8-11-23(12-9-2)15-16-24-17-18-27(25-13-10-14-26(20-25)35(6,7)34(4)5)29-28-19-22(3)21-32-31(28)33-30(24)29;1-2/h10,13-14,17-21,23H,6-9,11-12,15-16H2,1-5H3,(H,32,33);1-2H3. The lowest BCUT2D eigenvalue weighted by Gasteiger charge is -2.23. The molecular formula is C33H47N3S. The van der Waals surface area contributed by atoms with E-state index in [0.29, 0.717) is 0 Å². The number of nitrogens with zero attached hydrogens (tertiary/aromatic N) is 2. The lowest BCUT2D eigenvalue weighted by molar-refractivity contribution is 0.412. The number of aryl methyl sites for hydroxylation is 2. The summed E-state index contributed by atoms with van der Waals surface area (Å²) in [6.45, 7) is 10.7. The van der Waals surface area contributed by atoms with Crippen LogP contribution in [0.25, 0.3) is 33.1 Å². The zero-order valence-electron chi connectivity index (χ0n) is 24.2. The van der Waals surface area contributed by atoms with Gasteiger partial charge in [0.25, 0.3) is 0 Å². The maximum atomic E-state index is 4.75. The molecule has 0 unspecified atom stereocenters. The number of H-pyrrole nitrogens is 1. The van der Waals surface area contributed by atoms with Gasteiger partial charge in [-0.3, -0.25) is 4.31 Å². The molecule has 0 bridgehead atoms. The molecule has 2 heterocycles. The number of hydrogen-bond acceptors (Lipinski definition) is 2. The van der Waals surface area contributed by atoms with Gasteiger partial charge in [0.1, 0.15) is 5.65 Å². The van der Waals surface area contributed by atoms with Gasteiger partial charge in [-0.25, -0.2) is 4.98 Å². The van der Waals surface area contributed by atoms with Crippen LogP contribution in [0.3, 0.4) is 0 Å². The molecule has 0 atom stereocenters. The minimum atomic E-state index is -1.52. The second kappa shape index (κ2) is 12.8. The van der Waals surface area contributed by atoms with Gasteiger partial charge < -0.3 is 4.98 Å². The Morgan fingerprint density at radius 1 is 0.973 bits per heavy atom. The minimum Gasteiger partial charge on any atom is -0.339 e. The third-order valence-corrected chi connectivity index (χ3v) is 9.86. The highest BCUT2D eigenvalue weighted by molar-refractivity contribution is 8.25. The molecule has 0 aliphatic carbocycles. The summed E-state index contributed by atoms with van der Waals surface area (Å²) in [5.74, 6) is 9.71. The molecule has 0 spiro atoms. The van der Waals surface area contributed by atoms with Crippen molar-refractivity contribution in [2.45, 2.75) is 78.0 Å². The maximum absolute atomic E-state index is 4.75. The zero-order valence-corrected chi connectivity index (χ0v) is 25.0. The zero-order chi connectivity index (χ0) is 27.2. The number of aromatic nitrogens is 2. The van der Waals surface area contributed by atoms with Crippen molar-refractivity contribution >= 4 is 43.1 Å². The Morgan fingerprint density at radius 2 is 1.68 bits per heavy atom. The number of nitrogens with one attached hydrogen (secondary N) is 1. The van der Waals surface area contributed by atoms with Gasteiger partial charge >= 0.3 is 0 Å². The van der Waals surface area contributed by atoms with Crippen LogP contribution in [0.2, 0.25) is 0 Å². The Labute approximate surface area is 225 Å². The van der Waals surface area contributed by atoms with Gasteiger partial charge in [0.15, 0.2) is 0 Å². The van der Waals surface area contributed by atoms with Crippen LogP contribution >= 0.6 is 9.39 Å². The van der Waals surface area contributed by atoms with Gasteiger partial charge in [-0.1, -0.05) is 89.4 Å². The smallest absolute Gasteiger partial charge is 0.138 e. The summed E-state index contributed by atoms with van der Waals surface area (Å²) < 4.78 is 2.15. The largest absolute Gasteiger partial charge is 0.339 e. The molecule has 0 aliphatic rings. The summed E-state index contributed by atoms with van der Waals surface area (Å²) >= 11 is 0. The van der Waals surface area contributed by atoms with Crippen LogP contribution in [0, 0.1) is 12.8 Å². The van der Waals surface area contributed by atoms with E-state index in [1.54, 1.807) is 0 Å². The summed E-state index contributed by atoms with van der Waals surface area (Å²) in [6.07, 6.45) is 9.46. The lowest BCUT2D eigenvalue weighted by Crippen LogP contribution is -2.07. The van der Waals surface area contributed by atoms with E-state index >= 15 is 0 Å². The molecule has 4 rings (SSSR count). The van der Waals surface area contributed by atoms with E-state index in [1.807, 2.05) is 20.0 Å². The Bertz CT molecular complexity index is 1420. The Kier molecular flexibility index (Phi) is 10.0. The number of hydrogen-bond donors (Lipinski definition) is 1. The second-order valence-electron chi connectivity index (χ2n) is 10.2. The Morgan fingerprint density at radius 3 is 2.32 bits per heavy atom. The monoisotopic (exact) mass is 517 g/mol. The molecule has 1 N–H and O–H groups in total. The first-order valence-electron chi connectivity index (χ1n) is 13.9. The van der Waals surface area contributed by atoms with Gasteiger partial charge in [0.05, 0.1) is 5.52 Å². The second-order valence-corrected chi connectivity index (χ2v) is 13.1. The quantitative estimate of drug-likeness (QED) is 0.212. The fourth-order valence-electron chi connectivity index (χ4n) is 5.21. The van der Waals surface area contributed by atoms with Crippen molar-refractivity contribution in [3.05, 3.63) is 59.8 Å². The van der Waals surface area contributed by atoms with Crippen molar-refractivity contribution in [1.29, 1.82) is 0 Å². The third-order valence-electron chi connectivity index (χ3n) is 7.33. The number of aromatic amines is 1. The van der Waals surface area contributed by atoms with Crippen molar-refractivity contribution in [2.75, 3.05) is 14.1 Å². The molecule has 0 aliphatic heterocycles. The first-order valence-corrected chi connectivity index (χ1v) is 15.9. The molecule has 2 aromatic carbocycles. The van der Waals surface area contributed by atoms with E-state index in [9.17, 15) is 0 Å². The lowest BCUT2D eigenvalue weighted by atomic mass is 9.90. The number of fused-ring (bicyclic) bond motifs is 3. The summed E-state index contributed by atoms with van der Waals surface area (Å²) in [5, 5.41) is 2.49. The van der Waals surface area contributed by atoms with Crippen molar-refractivity contribution in [3.8, 4) is 11.1 Å². The highest BCUT2D eigenvalue weighted by Crippen LogP contribution is 2.40. The molecular weight excluding hydrogens is 470 g/mol. The molecule has 3 nitrogen and oxygen atoms in total. The van der Waals surface area contributed by atoms with Gasteiger partial charge in [-0.15, -0.1) is 9.39 Å². The minimum absolute atomic E-state index is 0.803. The van der Waals surface area contributed by atoms with Gasteiger partial charge in [-0.05, 0) is 80.2 Å². The fourth-order valence-corrected chi connectivity index (χ4v) is 6.31. The van der Waals surface area contributed by atoms with E-state index in [4.69, 9.17) is 4.98 Å². The van der Waals surface area contributed by atoms with Crippen molar-refractivity contribution in [2.24, 2.45) is 5.92 Å². The van der Waals surface area contributed by atoms with Crippen LogP contribution in [0.5, 0.6) is 0 Å². The van der Waals surface area contributed by atoms with Crippen molar-refractivity contribution < 1.29 is 0 Å². The topological polar surface area (TPSA) is 31.9 Å². The van der Waals surface area contributed by atoms with Crippen LogP contribution in [-0.2, 0) is 6.42 Å². The van der Waals surface area contributed by atoms with E-state index in [-0.39, 0.29) is 0 Å². The van der Waals surface area contributed by atoms with Crippen LogP contribution in [0.15, 0.2) is 53.6 Å². The van der Waals surface area contributed by atoms with Crippen LogP contribution in [-0.4, -0.2) is 40.1 Å². The Hall–Kier alpha value is -2.56. The summed E-state index contributed by atoms with van der Waals surface area (Å²) in [6, 6.07) is 15.7. The molecule has 4 aromatic rings. The van der Waals surface area contributed by atoms with Crippen LogP contribution < -0.4 is 0 Å². The number of rotatable bonds is 10. The molecule has 200 valence electrons. The highest BCUT2D eigenvalue weighted by Gasteiger charge is 2.17. The van der Waals surface area contributed by atoms with E-state index in [2.05, 4.69) is 98.4 Å². The molecule has 0 fully saturated rings. The molecule has 0 saturated heterocycles. The molecule has 37 heavy (non-hydrogen) atoms. The molecule has 4 heteroatoms. The van der Waals surface area contributed by atoms with Crippen LogP contribution in [0.4, 0.5) is 0 Å². The first kappa shape index (κ1) is 29.0. The summed E-state index contributed by atoms with van der Waals surface area (Å²) in [7, 11) is 2.61. The van der Waals surface area contributed by atoms with E-state index in [1.165, 1.54) is 75.5 Å². The SMILES string of the molecule is C=S(=C)(c1cccc(-c2ccc(CCC(CCC)CCC)c3[nH]c4ncc(C)cc4c23)c1)N(C)C.CC. The van der Waals surface area contributed by atoms with E-state index < -0.39 is 9.39 Å². The number of benzene rings is 2. The first-order chi connectivity index (χ1) is 17.8. The third kappa shape index (κ3) is 6.30. The Balaban J connectivity index is 0.00000186. The molecule has 0 saturated carbocycles. The molecule has 2 aromatic heterocycles. The average molecular weight is 518 g/mol. The fraction of sp³-hybridized carbons (Fsp3) is 0.424. The molecule has 0 amide bonds. The summed E-state index contributed by atoms with van der Waals surface area (Å²) in [4.78, 5) is 9.63. The summed E-state index contributed by atoms with van der Waals surface area (Å²) in [5.41, 5.74) is 7.25. The average Bonchev–Trinajstić information content (AvgIpc) is 3.27.